The largest absolute Gasteiger partial charge is 0.497 e. The molecule has 0 unspecified atom stereocenters. The number of hydrogen-bond donors (Lipinski definition) is 1. The van der Waals surface area contributed by atoms with E-state index in [0.29, 0.717) is 12.0 Å². The Labute approximate surface area is 96.8 Å². The fourth-order valence-corrected chi connectivity index (χ4v) is 1.85. The third kappa shape index (κ3) is 2.36. The molecule has 0 aliphatic carbocycles. The maximum atomic E-state index is 5.73. The number of ether oxygens (including phenoxy) is 2. The second-order valence-corrected chi connectivity index (χ2v) is 4.50. The zero-order valence-electron chi connectivity index (χ0n) is 10.1. The molecule has 1 aliphatic heterocycles. The molecule has 88 valence electrons. The summed E-state index contributed by atoms with van der Waals surface area (Å²) in [5.74, 6) is 1.48. The maximum Gasteiger partial charge on any atom is 0.134 e. The fraction of sp³-hybridized carbons (Fsp3) is 0.538. The van der Waals surface area contributed by atoms with Gasteiger partial charge in [0.1, 0.15) is 12.0 Å². The van der Waals surface area contributed by atoms with Crippen molar-refractivity contribution in [1.82, 2.24) is 5.32 Å². The van der Waals surface area contributed by atoms with Crippen molar-refractivity contribution in [3.63, 3.8) is 0 Å². The van der Waals surface area contributed by atoms with Crippen molar-refractivity contribution in [3.8, 4) is 5.75 Å². The summed E-state index contributed by atoms with van der Waals surface area (Å²) in [6.45, 7) is 5.20. The van der Waals surface area contributed by atoms with Crippen LogP contribution >= 0.6 is 0 Å². The predicted octanol–water partition coefficient (Wildman–Crippen LogP) is 2.34. The third-order valence-electron chi connectivity index (χ3n) is 3.03. The predicted molar refractivity (Wildman–Crippen MR) is 63.4 cm³/mol. The Morgan fingerprint density at radius 3 is 2.50 bits per heavy atom. The molecule has 1 aromatic carbocycles. The highest BCUT2D eigenvalue weighted by Crippen LogP contribution is 2.24. The van der Waals surface area contributed by atoms with Crippen LogP contribution in [0.15, 0.2) is 24.3 Å². The average molecular weight is 221 g/mol. The number of benzene rings is 1. The van der Waals surface area contributed by atoms with E-state index in [-0.39, 0.29) is 6.23 Å². The van der Waals surface area contributed by atoms with Crippen LogP contribution in [0.2, 0.25) is 0 Å². The van der Waals surface area contributed by atoms with Gasteiger partial charge in [0.2, 0.25) is 0 Å². The third-order valence-corrected chi connectivity index (χ3v) is 3.03. The second kappa shape index (κ2) is 4.85. The summed E-state index contributed by atoms with van der Waals surface area (Å²) < 4.78 is 10.9. The molecule has 0 spiro atoms. The van der Waals surface area contributed by atoms with E-state index >= 15 is 0 Å². The smallest absolute Gasteiger partial charge is 0.134 e. The van der Waals surface area contributed by atoms with Gasteiger partial charge in [-0.1, -0.05) is 26.0 Å². The minimum Gasteiger partial charge on any atom is -0.497 e. The first kappa shape index (κ1) is 11.4. The Morgan fingerprint density at radius 2 is 2.00 bits per heavy atom. The molecule has 16 heavy (non-hydrogen) atoms. The lowest BCUT2D eigenvalue weighted by Gasteiger charge is -2.15. The molecule has 3 nitrogen and oxygen atoms in total. The van der Waals surface area contributed by atoms with Crippen LogP contribution in [-0.4, -0.2) is 19.8 Å². The van der Waals surface area contributed by atoms with Crippen molar-refractivity contribution in [2.45, 2.75) is 26.1 Å². The molecule has 2 atom stereocenters. The molecule has 0 amide bonds. The molecular formula is C13H19NO2. The van der Waals surface area contributed by atoms with E-state index in [1.807, 2.05) is 24.3 Å². The molecule has 0 bridgehead atoms. The van der Waals surface area contributed by atoms with E-state index in [9.17, 15) is 0 Å². The van der Waals surface area contributed by atoms with E-state index in [0.717, 1.165) is 17.9 Å². The lowest BCUT2D eigenvalue weighted by Crippen LogP contribution is -2.30. The minimum atomic E-state index is 0.0262. The van der Waals surface area contributed by atoms with Crippen LogP contribution < -0.4 is 10.1 Å². The van der Waals surface area contributed by atoms with Gasteiger partial charge in [0.25, 0.3) is 0 Å². The lowest BCUT2D eigenvalue weighted by molar-refractivity contribution is 0.0999. The van der Waals surface area contributed by atoms with Gasteiger partial charge in [-0.05, 0) is 23.6 Å². The van der Waals surface area contributed by atoms with Crippen molar-refractivity contribution < 1.29 is 9.47 Å². The Kier molecular flexibility index (Phi) is 3.46. The van der Waals surface area contributed by atoms with E-state index < -0.39 is 0 Å². The number of methoxy groups -OCH3 is 1. The van der Waals surface area contributed by atoms with Crippen molar-refractivity contribution in [2.75, 3.05) is 13.7 Å². The van der Waals surface area contributed by atoms with E-state index in [1.165, 1.54) is 0 Å². The summed E-state index contributed by atoms with van der Waals surface area (Å²) in [4.78, 5) is 0. The molecule has 2 rings (SSSR count). The Bertz CT molecular complexity index is 334. The molecule has 1 N–H and O–H groups in total. The highest BCUT2D eigenvalue weighted by atomic mass is 16.5. The molecule has 1 fully saturated rings. The highest BCUT2D eigenvalue weighted by molar-refractivity contribution is 5.28. The van der Waals surface area contributed by atoms with E-state index in [4.69, 9.17) is 9.47 Å². The molecular weight excluding hydrogens is 202 g/mol. The molecule has 0 aromatic heterocycles. The highest BCUT2D eigenvalue weighted by Gasteiger charge is 2.27. The number of rotatable bonds is 3. The van der Waals surface area contributed by atoms with Crippen LogP contribution in [0.3, 0.4) is 0 Å². The molecule has 1 heterocycles. The molecule has 1 saturated heterocycles. The van der Waals surface area contributed by atoms with Gasteiger partial charge in [0.05, 0.1) is 13.7 Å². The minimum absolute atomic E-state index is 0.0262. The van der Waals surface area contributed by atoms with Crippen molar-refractivity contribution >= 4 is 0 Å². The monoisotopic (exact) mass is 221 g/mol. The van der Waals surface area contributed by atoms with Crippen LogP contribution in [0.5, 0.6) is 5.75 Å². The zero-order chi connectivity index (χ0) is 11.5. The summed E-state index contributed by atoms with van der Waals surface area (Å²) in [6.07, 6.45) is 0.0262. The van der Waals surface area contributed by atoms with Crippen LogP contribution in [0.25, 0.3) is 0 Å². The van der Waals surface area contributed by atoms with Gasteiger partial charge in [-0.15, -0.1) is 0 Å². The van der Waals surface area contributed by atoms with Crippen LogP contribution in [0.1, 0.15) is 25.6 Å². The van der Waals surface area contributed by atoms with Gasteiger partial charge in [0, 0.05) is 6.04 Å². The summed E-state index contributed by atoms with van der Waals surface area (Å²) in [5, 5.41) is 3.48. The quantitative estimate of drug-likeness (QED) is 0.849. The fourth-order valence-electron chi connectivity index (χ4n) is 1.85. The van der Waals surface area contributed by atoms with Crippen LogP contribution in [0, 0.1) is 5.92 Å². The zero-order valence-corrected chi connectivity index (χ0v) is 10.1. The van der Waals surface area contributed by atoms with Crippen molar-refractivity contribution in [3.05, 3.63) is 29.8 Å². The molecule has 0 radical (unpaired) electrons. The number of nitrogens with one attached hydrogen (secondary N) is 1. The topological polar surface area (TPSA) is 30.5 Å². The summed E-state index contributed by atoms with van der Waals surface area (Å²) >= 11 is 0. The van der Waals surface area contributed by atoms with Gasteiger partial charge in [-0.3, -0.25) is 5.32 Å². The molecule has 1 aliphatic rings. The normalized spacial score (nSPS) is 25.0. The first-order chi connectivity index (χ1) is 7.70. The van der Waals surface area contributed by atoms with E-state index in [1.54, 1.807) is 7.11 Å². The standard InChI is InChI=1S/C13H19NO2/c1-9(2)12-8-16-13(14-12)10-4-6-11(15-3)7-5-10/h4-7,9,12-14H,8H2,1-3H3/t12-,13+/m1/s1. The first-order valence-electron chi connectivity index (χ1n) is 5.72. The maximum absolute atomic E-state index is 5.73. The second-order valence-electron chi connectivity index (χ2n) is 4.50. The Hall–Kier alpha value is -1.06. The van der Waals surface area contributed by atoms with Gasteiger partial charge in [-0.2, -0.15) is 0 Å². The summed E-state index contributed by atoms with van der Waals surface area (Å²) in [5.41, 5.74) is 1.16. The molecule has 1 aromatic rings. The van der Waals surface area contributed by atoms with E-state index in [2.05, 4.69) is 19.2 Å². The molecule has 0 saturated carbocycles. The van der Waals surface area contributed by atoms with Crippen molar-refractivity contribution in [1.29, 1.82) is 0 Å². The number of hydrogen-bond acceptors (Lipinski definition) is 3. The Balaban J connectivity index is 2.03. The lowest BCUT2D eigenvalue weighted by atomic mass is 10.1. The Morgan fingerprint density at radius 1 is 1.31 bits per heavy atom. The van der Waals surface area contributed by atoms with Gasteiger partial charge in [0.15, 0.2) is 0 Å². The van der Waals surface area contributed by atoms with Crippen LogP contribution in [-0.2, 0) is 4.74 Å². The molecule has 3 heteroatoms. The van der Waals surface area contributed by atoms with Gasteiger partial charge >= 0.3 is 0 Å². The van der Waals surface area contributed by atoms with Gasteiger partial charge in [-0.25, -0.2) is 0 Å². The average Bonchev–Trinajstić information content (AvgIpc) is 2.78. The van der Waals surface area contributed by atoms with Gasteiger partial charge < -0.3 is 9.47 Å². The summed E-state index contributed by atoms with van der Waals surface area (Å²) in [7, 11) is 1.67. The van der Waals surface area contributed by atoms with Crippen molar-refractivity contribution in [2.24, 2.45) is 5.92 Å². The SMILES string of the molecule is COc1ccc([C@H]2N[C@@H](C(C)C)CO2)cc1. The van der Waals surface area contributed by atoms with Crippen LogP contribution in [0.4, 0.5) is 0 Å². The first-order valence-corrected chi connectivity index (χ1v) is 5.72. The summed E-state index contributed by atoms with van der Waals surface area (Å²) in [6, 6.07) is 8.46.